The third kappa shape index (κ3) is 4.54. The van der Waals surface area contributed by atoms with E-state index in [0.717, 1.165) is 12.5 Å². The summed E-state index contributed by atoms with van der Waals surface area (Å²) in [7, 11) is 0. The summed E-state index contributed by atoms with van der Waals surface area (Å²) in [6, 6.07) is -0.0402. The molecule has 1 aliphatic carbocycles. The highest BCUT2D eigenvalue weighted by molar-refractivity contribution is 5.74. The Morgan fingerprint density at radius 3 is 2.47 bits per heavy atom. The molecule has 15 heavy (non-hydrogen) atoms. The van der Waals surface area contributed by atoms with Crippen molar-refractivity contribution in [3.8, 4) is 0 Å². The molecule has 0 radical (unpaired) electrons. The maximum Gasteiger partial charge on any atom is 0.315 e. The molecule has 1 saturated carbocycles. The van der Waals surface area contributed by atoms with E-state index in [2.05, 4.69) is 17.6 Å². The Balaban J connectivity index is 2.22. The number of carbonyl (C=O) groups is 1. The minimum atomic E-state index is -0.147. The minimum Gasteiger partial charge on any atom is -0.338 e. The summed E-state index contributed by atoms with van der Waals surface area (Å²) in [6.07, 6.45) is 3.89. The number of nitrogens with one attached hydrogen (secondary N) is 2. The molecule has 88 valence electrons. The number of hydrogen-bond acceptors (Lipinski definition) is 1. The first-order valence-corrected chi connectivity index (χ1v) is 5.94. The zero-order valence-corrected chi connectivity index (χ0v) is 10.4. The van der Waals surface area contributed by atoms with Crippen LogP contribution < -0.4 is 10.6 Å². The Bertz CT molecular complexity index is 220. The molecule has 3 nitrogen and oxygen atoms in total. The largest absolute Gasteiger partial charge is 0.338 e. The average molecular weight is 212 g/mol. The quantitative estimate of drug-likeness (QED) is 0.725. The van der Waals surface area contributed by atoms with E-state index in [-0.39, 0.29) is 11.6 Å². The first kappa shape index (κ1) is 12.3. The lowest BCUT2D eigenvalue weighted by molar-refractivity contribution is 0.228. The van der Waals surface area contributed by atoms with Gasteiger partial charge in [-0.05, 0) is 39.0 Å². The van der Waals surface area contributed by atoms with Gasteiger partial charge >= 0.3 is 6.03 Å². The molecule has 0 aromatic carbocycles. The molecule has 0 aromatic rings. The van der Waals surface area contributed by atoms with E-state index in [9.17, 15) is 4.79 Å². The van der Waals surface area contributed by atoms with E-state index in [1.165, 1.54) is 19.3 Å². The van der Waals surface area contributed by atoms with E-state index in [4.69, 9.17) is 0 Å². The molecule has 1 rings (SSSR count). The second-order valence-electron chi connectivity index (χ2n) is 5.75. The molecule has 3 heteroatoms. The third-order valence-corrected chi connectivity index (χ3v) is 3.05. The molecule has 1 aliphatic rings. The summed E-state index contributed by atoms with van der Waals surface area (Å²) >= 11 is 0. The van der Waals surface area contributed by atoms with Crippen LogP contribution in [0.25, 0.3) is 0 Å². The van der Waals surface area contributed by atoms with Crippen LogP contribution in [0.3, 0.4) is 0 Å². The summed E-state index contributed by atoms with van der Waals surface area (Å²) in [5.41, 5.74) is -0.147. The maximum absolute atomic E-state index is 11.5. The second kappa shape index (κ2) is 4.86. The SMILES string of the molecule is CC1CCCC1CNC(=O)NC(C)(C)C. The van der Waals surface area contributed by atoms with Crippen LogP contribution in [0, 0.1) is 11.8 Å². The highest BCUT2D eigenvalue weighted by atomic mass is 16.2. The average Bonchev–Trinajstić information content (AvgIpc) is 2.44. The lowest BCUT2D eigenvalue weighted by Gasteiger charge is -2.22. The molecule has 0 bridgehead atoms. The Kier molecular flexibility index (Phi) is 4.00. The summed E-state index contributed by atoms with van der Waals surface area (Å²) in [6.45, 7) is 9.07. The Hall–Kier alpha value is -0.730. The number of urea groups is 1. The van der Waals surface area contributed by atoms with Crippen LogP contribution in [-0.2, 0) is 0 Å². The number of carbonyl (C=O) groups excluding carboxylic acids is 1. The molecule has 0 aromatic heterocycles. The fraction of sp³-hybridized carbons (Fsp3) is 0.917. The number of hydrogen-bond donors (Lipinski definition) is 2. The summed E-state index contributed by atoms with van der Waals surface area (Å²) < 4.78 is 0. The van der Waals surface area contributed by atoms with Gasteiger partial charge in [0.2, 0.25) is 0 Å². The fourth-order valence-corrected chi connectivity index (χ4v) is 2.13. The van der Waals surface area contributed by atoms with E-state index < -0.39 is 0 Å². The van der Waals surface area contributed by atoms with E-state index in [1.54, 1.807) is 0 Å². The van der Waals surface area contributed by atoms with Gasteiger partial charge in [0.25, 0.3) is 0 Å². The number of rotatable bonds is 2. The van der Waals surface area contributed by atoms with Gasteiger partial charge in [0.15, 0.2) is 0 Å². The van der Waals surface area contributed by atoms with Gasteiger partial charge in [-0.3, -0.25) is 0 Å². The summed E-state index contributed by atoms with van der Waals surface area (Å²) in [4.78, 5) is 11.5. The molecule has 2 N–H and O–H groups in total. The van der Waals surface area contributed by atoms with Gasteiger partial charge in [-0.25, -0.2) is 4.79 Å². The molecular weight excluding hydrogens is 188 g/mol. The first-order valence-electron chi connectivity index (χ1n) is 5.94. The van der Waals surface area contributed by atoms with Crippen molar-refractivity contribution in [1.82, 2.24) is 10.6 Å². The Morgan fingerprint density at radius 1 is 1.33 bits per heavy atom. The molecule has 0 aliphatic heterocycles. The van der Waals surface area contributed by atoms with Crippen molar-refractivity contribution in [2.45, 2.75) is 52.5 Å². The summed E-state index contributed by atoms with van der Waals surface area (Å²) in [5.74, 6) is 1.44. The van der Waals surface area contributed by atoms with E-state index >= 15 is 0 Å². The van der Waals surface area contributed by atoms with Gasteiger partial charge < -0.3 is 10.6 Å². The minimum absolute atomic E-state index is 0.0402. The van der Waals surface area contributed by atoms with Crippen molar-refractivity contribution >= 4 is 6.03 Å². The van der Waals surface area contributed by atoms with Crippen LogP contribution in [0.4, 0.5) is 4.79 Å². The predicted octanol–water partition coefficient (Wildman–Crippen LogP) is 2.52. The molecular formula is C12H24N2O. The molecule has 0 heterocycles. The van der Waals surface area contributed by atoms with Gasteiger partial charge in [0.1, 0.15) is 0 Å². The Labute approximate surface area is 93.0 Å². The van der Waals surface area contributed by atoms with Gasteiger partial charge in [0, 0.05) is 12.1 Å². The van der Waals surface area contributed by atoms with Crippen molar-refractivity contribution in [3.63, 3.8) is 0 Å². The van der Waals surface area contributed by atoms with Crippen LogP contribution in [0.5, 0.6) is 0 Å². The standard InChI is InChI=1S/C12H24N2O/c1-9-6-5-7-10(9)8-13-11(15)14-12(2,3)4/h9-10H,5-8H2,1-4H3,(H2,13,14,15). The zero-order chi connectivity index (χ0) is 11.5. The third-order valence-electron chi connectivity index (χ3n) is 3.05. The van der Waals surface area contributed by atoms with Crippen LogP contribution in [0.1, 0.15) is 47.0 Å². The monoisotopic (exact) mass is 212 g/mol. The van der Waals surface area contributed by atoms with Crippen molar-refractivity contribution in [1.29, 1.82) is 0 Å². The second-order valence-corrected chi connectivity index (χ2v) is 5.75. The highest BCUT2D eigenvalue weighted by Crippen LogP contribution is 2.30. The lowest BCUT2D eigenvalue weighted by atomic mass is 9.98. The zero-order valence-electron chi connectivity index (χ0n) is 10.4. The van der Waals surface area contributed by atoms with Gasteiger partial charge in [-0.1, -0.05) is 19.8 Å². The van der Waals surface area contributed by atoms with Crippen LogP contribution in [0.15, 0.2) is 0 Å². The smallest absolute Gasteiger partial charge is 0.315 e. The molecule has 0 spiro atoms. The van der Waals surface area contributed by atoms with Crippen molar-refractivity contribution in [2.24, 2.45) is 11.8 Å². The van der Waals surface area contributed by atoms with Gasteiger partial charge in [-0.15, -0.1) is 0 Å². The van der Waals surface area contributed by atoms with Crippen molar-refractivity contribution in [3.05, 3.63) is 0 Å². The molecule has 2 atom stereocenters. The van der Waals surface area contributed by atoms with Gasteiger partial charge in [-0.2, -0.15) is 0 Å². The molecule has 2 unspecified atom stereocenters. The van der Waals surface area contributed by atoms with Crippen LogP contribution >= 0.6 is 0 Å². The van der Waals surface area contributed by atoms with Crippen LogP contribution in [-0.4, -0.2) is 18.1 Å². The van der Waals surface area contributed by atoms with Crippen molar-refractivity contribution < 1.29 is 4.79 Å². The van der Waals surface area contributed by atoms with E-state index in [1.807, 2.05) is 20.8 Å². The molecule has 0 saturated heterocycles. The lowest BCUT2D eigenvalue weighted by Crippen LogP contribution is -2.47. The van der Waals surface area contributed by atoms with Gasteiger partial charge in [0.05, 0.1) is 0 Å². The van der Waals surface area contributed by atoms with Crippen LogP contribution in [0.2, 0.25) is 0 Å². The summed E-state index contributed by atoms with van der Waals surface area (Å²) in [5, 5.41) is 5.87. The molecule has 2 amide bonds. The maximum atomic E-state index is 11.5. The molecule has 1 fully saturated rings. The first-order chi connectivity index (χ1) is 6.88. The number of amides is 2. The predicted molar refractivity (Wildman–Crippen MR) is 62.8 cm³/mol. The van der Waals surface area contributed by atoms with E-state index in [0.29, 0.717) is 5.92 Å². The van der Waals surface area contributed by atoms with Crippen molar-refractivity contribution in [2.75, 3.05) is 6.54 Å². The fourth-order valence-electron chi connectivity index (χ4n) is 2.13. The highest BCUT2D eigenvalue weighted by Gasteiger charge is 2.24. The normalized spacial score (nSPS) is 26.4. The topological polar surface area (TPSA) is 41.1 Å². The Morgan fingerprint density at radius 2 is 2.00 bits per heavy atom.